The number of hydrazone groups is 1. The van der Waals surface area contributed by atoms with E-state index in [0.717, 1.165) is 17.4 Å². The van der Waals surface area contributed by atoms with E-state index in [4.69, 9.17) is 12.2 Å². The summed E-state index contributed by atoms with van der Waals surface area (Å²) in [7, 11) is 0. The third-order valence-corrected chi connectivity index (χ3v) is 4.68. The Bertz CT molecular complexity index is 538. The van der Waals surface area contributed by atoms with Crippen molar-refractivity contribution in [2.45, 2.75) is 31.7 Å². The van der Waals surface area contributed by atoms with Crippen LogP contribution < -0.4 is 10.7 Å². The van der Waals surface area contributed by atoms with Gasteiger partial charge >= 0.3 is 0 Å². The zero-order valence-corrected chi connectivity index (χ0v) is 12.9. The molecule has 0 radical (unpaired) electrons. The van der Waals surface area contributed by atoms with Crippen LogP contribution in [0.15, 0.2) is 41.5 Å². The molecule has 2 fully saturated rings. The lowest BCUT2D eigenvalue weighted by atomic mass is 9.96. The van der Waals surface area contributed by atoms with E-state index in [9.17, 15) is 0 Å². The van der Waals surface area contributed by atoms with Crippen LogP contribution in [0, 0.1) is 11.8 Å². The molecule has 3 rings (SSSR count). The highest BCUT2D eigenvalue weighted by Crippen LogP contribution is 2.44. The Morgan fingerprint density at radius 3 is 2.76 bits per heavy atom. The van der Waals surface area contributed by atoms with Crippen molar-refractivity contribution >= 4 is 29.6 Å². The van der Waals surface area contributed by atoms with Gasteiger partial charge in [-0.3, -0.25) is 5.43 Å². The van der Waals surface area contributed by atoms with Crippen LogP contribution in [0.5, 0.6) is 0 Å². The molecule has 110 valence electrons. The van der Waals surface area contributed by atoms with Crippen molar-refractivity contribution in [1.82, 2.24) is 10.7 Å². The molecule has 0 amide bonds. The fourth-order valence-corrected chi connectivity index (χ4v) is 3.68. The molecule has 2 N–H and O–H groups in total. The maximum absolute atomic E-state index is 5.29. The van der Waals surface area contributed by atoms with Gasteiger partial charge in [0, 0.05) is 12.3 Å². The molecule has 2 saturated carbocycles. The smallest absolute Gasteiger partial charge is 0.187 e. The van der Waals surface area contributed by atoms with Gasteiger partial charge in [-0.05, 0) is 55.0 Å². The molecule has 0 saturated heterocycles. The van der Waals surface area contributed by atoms with Crippen LogP contribution in [0.4, 0.5) is 0 Å². The Kier molecular flexibility index (Phi) is 4.65. The second-order valence-electron chi connectivity index (χ2n) is 5.91. The molecule has 0 aromatic heterocycles. The average Bonchev–Trinajstić information content (AvgIpc) is 3.10. The van der Waals surface area contributed by atoms with Crippen molar-refractivity contribution in [3.8, 4) is 0 Å². The minimum absolute atomic E-state index is 0.554. The van der Waals surface area contributed by atoms with Crippen LogP contribution in [-0.2, 0) is 0 Å². The lowest BCUT2D eigenvalue weighted by Crippen LogP contribution is -2.42. The van der Waals surface area contributed by atoms with Crippen molar-refractivity contribution in [3.63, 3.8) is 0 Å². The van der Waals surface area contributed by atoms with E-state index in [1.54, 1.807) is 6.21 Å². The topological polar surface area (TPSA) is 36.4 Å². The van der Waals surface area contributed by atoms with Crippen LogP contribution in [-0.4, -0.2) is 17.4 Å². The minimum atomic E-state index is 0.554. The standard InChI is InChI=1S/C17H21N3S/c21-17(19-16-12-14-8-9-15(16)11-14)20-18-10-4-7-13-5-2-1-3-6-13/h1-7,10,14-16H,8-9,11-12H2,(H2,19,20,21)/b7-4+,18-10-/t14-,15+,16-/m0/s1. The molecule has 1 aromatic carbocycles. The number of hydrogen-bond acceptors (Lipinski definition) is 2. The Labute approximate surface area is 131 Å². The summed E-state index contributed by atoms with van der Waals surface area (Å²) in [5.74, 6) is 1.74. The molecular formula is C17H21N3S. The summed E-state index contributed by atoms with van der Waals surface area (Å²) in [5.41, 5.74) is 4.05. The normalized spacial score (nSPS) is 27.5. The second kappa shape index (κ2) is 6.85. The van der Waals surface area contributed by atoms with E-state index in [2.05, 4.69) is 28.0 Å². The van der Waals surface area contributed by atoms with Gasteiger partial charge in [-0.1, -0.05) is 42.8 Å². The molecule has 2 aliphatic carbocycles. The van der Waals surface area contributed by atoms with Crippen molar-refractivity contribution in [1.29, 1.82) is 0 Å². The molecule has 2 bridgehead atoms. The van der Waals surface area contributed by atoms with Gasteiger partial charge in [0.05, 0.1) is 0 Å². The Hall–Kier alpha value is -1.68. The predicted octanol–water partition coefficient (Wildman–Crippen LogP) is 3.34. The first kappa shape index (κ1) is 14.3. The van der Waals surface area contributed by atoms with Crippen molar-refractivity contribution in [2.24, 2.45) is 16.9 Å². The molecular weight excluding hydrogens is 278 g/mol. The zero-order valence-electron chi connectivity index (χ0n) is 12.0. The van der Waals surface area contributed by atoms with Gasteiger partial charge in [-0.25, -0.2) is 0 Å². The Morgan fingerprint density at radius 1 is 1.19 bits per heavy atom. The first-order valence-electron chi connectivity index (χ1n) is 7.62. The first-order chi connectivity index (χ1) is 10.3. The van der Waals surface area contributed by atoms with E-state index in [0.29, 0.717) is 11.2 Å². The van der Waals surface area contributed by atoms with Gasteiger partial charge in [0.2, 0.25) is 0 Å². The average molecular weight is 299 g/mol. The molecule has 0 unspecified atom stereocenters. The number of hydrogen-bond donors (Lipinski definition) is 2. The van der Waals surface area contributed by atoms with E-state index in [1.165, 1.54) is 25.7 Å². The van der Waals surface area contributed by atoms with E-state index in [1.807, 2.05) is 30.4 Å². The second-order valence-corrected chi connectivity index (χ2v) is 6.32. The van der Waals surface area contributed by atoms with Gasteiger partial charge < -0.3 is 5.32 Å². The fourth-order valence-electron chi connectivity index (χ4n) is 3.48. The lowest BCUT2D eigenvalue weighted by molar-refractivity contribution is 0.389. The van der Waals surface area contributed by atoms with E-state index in [-0.39, 0.29) is 0 Å². The molecule has 0 aliphatic heterocycles. The third kappa shape index (κ3) is 3.91. The summed E-state index contributed by atoms with van der Waals surface area (Å²) in [4.78, 5) is 0. The number of benzene rings is 1. The Balaban J connectivity index is 1.39. The van der Waals surface area contributed by atoms with E-state index < -0.39 is 0 Å². The summed E-state index contributed by atoms with van der Waals surface area (Å²) in [5, 5.41) is 8.16. The molecule has 21 heavy (non-hydrogen) atoms. The van der Waals surface area contributed by atoms with Crippen LogP contribution in [0.3, 0.4) is 0 Å². The van der Waals surface area contributed by atoms with Crippen LogP contribution >= 0.6 is 12.2 Å². The summed E-state index contributed by atoms with van der Waals surface area (Å²) in [6.45, 7) is 0. The fraction of sp³-hybridized carbons (Fsp3) is 0.412. The first-order valence-corrected chi connectivity index (χ1v) is 8.03. The highest BCUT2D eigenvalue weighted by molar-refractivity contribution is 7.80. The van der Waals surface area contributed by atoms with Crippen molar-refractivity contribution in [2.75, 3.05) is 0 Å². The van der Waals surface area contributed by atoms with Gasteiger partial charge in [-0.15, -0.1) is 0 Å². The van der Waals surface area contributed by atoms with Crippen LogP contribution in [0.25, 0.3) is 6.08 Å². The highest BCUT2D eigenvalue weighted by atomic mass is 32.1. The maximum Gasteiger partial charge on any atom is 0.187 e. The SMILES string of the molecule is S=C(N/N=C\C=C\c1ccccc1)N[C@H]1C[C@H]2CC[C@@H]1C2. The number of thiocarbonyl (C=S) groups is 1. The summed E-state index contributed by atoms with van der Waals surface area (Å²) in [6, 6.07) is 10.7. The maximum atomic E-state index is 5.29. The summed E-state index contributed by atoms with van der Waals surface area (Å²) < 4.78 is 0. The number of rotatable bonds is 4. The summed E-state index contributed by atoms with van der Waals surface area (Å²) in [6.07, 6.45) is 11.1. The monoisotopic (exact) mass is 299 g/mol. The molecule has 0 heterocycles. The van der Waals surface area contributed by atoms with Gasteiger partial charge in [0.25, 0.3) is 0 Å². The molecule has 1 aromatic rings. The van der Waals surface area contributed by atoms with Gasteiger partial charge in [-0.2, -0.15) is 5.10 Å². The predicted molar refractivity (Wildman–Crippen MR) is 92.1 cm³/mol. The lowest BCUT2D eigenvalue weighted by Gasteiger charge is -2.23. The van der Waals surface area contributed by atoms with Gasteiger partial charge in [0.1, 0.15) is 0 Å². The quantitative estimate of drug-likeness (QED) is 0.508. The largest absolute Gasteiger partial charge is 0.358 e. The minimum Gasteiger partial charge on any atom is -0.358 e. The van der Waals surface area contributed by atoms with Crippen molar-refractivity contribution < 1.29 is 0 Å². The number of fused-ring (bicyclic) bond motifs is 2. The highest BCUT2D eigenvalue weighted by Gasteiger charge is 2.39. The molecule has 3 nitrogen and oxygen atoms in total. The van der Waals surface area contributed by atoms with E-state index >= 15 is 0 Å². The van der Waals surface area contributed by atoms with Crippen LogP contribution in [0.2, 0.25) is 0 Å². The zero-order chi connectivity index (χ0) is 14.5. The summed E-state index contributed by atoms with van der Waals surface area (Å²) >= 11 is 5.29. The van der Waals surface area contributed by atoms with Crippen molar-refractivity contribution in [3.05, 3.63) is 42.0 Å². The van der Waals surface area contributed by atoms with Crippen LogP contribution in [0.1, 0.15) is 31.2 Å². The Morgan fingerprint density at radius 2 is 2.05 bits per heavy atom. The molecule has 2 aliphatic rings. The van der Waals surface area contributed by atoms with Gasteiger partial charge in [0.15, 0.2) is 5.11 Å². The number of nitrogens with one attached hydrogen (secondary N) is 2. The molecule has 3 atom stereocenters. The number of nitrogens with zero attached hydrogens (tertiary/aromatic N) is 1. The molecule has 4 heteroatoms. The molecule has 0 spiro atoms. The third-order valence-electron chi connectivity index (χ3n) is 4.47. The number of allylic oxidation sites excluding steroid dienone is 1.